The number of nitrogens with two attached hydrogens (primary N) is 1. The fraction of sp³-hybridized carbons (Fsp3) is 0.480. The van der Waals surface area contributed by atoms with E-state index in [1.54, 1.807) is 12.3 Å². The molecule has 7 nitrogen and oxygen atoms in total. The molecule has 0 spiro atoms. The molecule has 3 heterocycles. The fourth-order valence-electron chi connectivity index (χ4n) is 4.78. The lowest BCUT2D eigenvalue weighted by molar-refractivity contribution is -0.118. The highest BCUT2D eigenvalue weighted by molar-refractivity contribution is 6.35. The molecule has 2 atom stereocenters. The first-order chi connectivity index (χ1) is 16.8. The summed E-state index contributed by atoms with van der Waals surface area (Å²) in [6.45, 7) is 6.57. The lowest BCUT2D eigenvalue weighted by Gasteiger charge is -2.40. The maximum atomic E-state index is 11.1. The van der Waals surface area contributed by atoms with Gasteiger partial charge in [-0.2, -0.15) is 0 Å². The fourth-order valence-corrected chi connectivity index (χ4v) is 5.50. The summed E-state index contributed by atoms with van der Waals surface area (Å²) in [6.07, 6.45) is 7.47. The third-order valence-electron chi connectivity index (χ3n) is 6.73. The average Bonchev–Trinajstić information content (AvgIpc) is 2.84. The SMILES string of the molecule is C[C@@H](Nc1nc(C2=CCN(C3CCCN(CCC(N)=O)C3)CC2)ncc1Cl)c1ccc(Cl)cc1Cl. The number of nitrogens with one attached hydrogen (secondary N) is 1. The number of piperidine rings is 1. The molecular formula is C25H31Cl3N6O. The van der Waals surface area contributed by atoms with E-state index >= 15 is 0 Å². The standard InChI is InChI=1S/C25H31Cl3N6O/c1-16(20-5-4-18(26)13-21(20)27)31-25-22(28)14-30-24(32-25)17-6-11-34(12-7-17)19-3-2-9-33(15-19)10-8-23(29)35/h4-6,13-14,16,19H,2-3,7-12,15H2,1H3,(H2,29,35)(H,30,31,32)/t16-,19?/m1/s1. The zero-order chi connectivity index (χ0) is 24.9. The molecule has 2 aliphatic heterocycles. The smallest absolute Gasteiger partial charge is 0.218 e. The number of halogens is 3. The van der Waals surface area contributed by atoms with Gasteiger partial charge in [-0.1, -0.05) is 46.9 Å². The zero-order valence-corrected chi connectivity index (χ0v) is 22.1. The van der Waals surface area contributed by atoms with Crippen molar-refractivity contribution in [3.05, 3.63) is 56.9 Å². The molecular weight excluding hydrogens is 507 g/mol. The number of benzene rings is 1. The Morgan fingerprint density at radius 3 is 2.80 bits per heavy atom. The number of primary amides is 1. The minimum Gasteiger partial charge on any atom is -0.370 e. The van der Waals surface area contributed by atoms with Crippen molar-refractivity contribution in [3.8, 4) is 0 Å². The summed E-state index contributed by atoms with van der Waals surface area (Å²) >= 11 is 18.8. The first-order valence-corrected chi connectivity index (χ1v) is 13.1. The van der Waals surface area contributed by atoms with Crippen LogP contribution in [0.2, 0.25) is 15.1 Å². The number of hydrogen-bond acceptors (Lipinski definition) is 6. The molecule has 1 aromatic heterocycles. The molecule has 3 N–H and O–H groups in total. The Labute approximate surface area is 221 Å². The third kappa shape index (κ3) is 6.86. The van der Waals surface area contributed by atoms with Crippen LogP contribution in [0.4, 0.5) is 5.82 Å². The van der Waals surface area contributed by atoms with Gasteiger partial charge in [0.2, 0.25) is 5.91 Å². The maximum absolute atomic E-state index is 11.1. The maximum Gasteiger partial charge on any atom is 0.218 e. The highest BCUT2D eigenvalue weighted by Gasteiger charge is 2.27. The molecule has 0 aliphatic carbocycles. The Hall–Kier alpha value is -1.90. The quantitative estimate of drug-likeness (QED) is 0.491. The normalized spacial score (nSPS) is 20.3. The second-order valence-corrected chi connectivity index (χ2v) is 10.5. The first-order valence-electron chi connectivity index (χ1n) is 12.0. The Morgan fingerprint density at radius 2 is 2.09 bits per heavy atom. The number of nitrogens with zero attached hydrogens (tertiary/aromatic N) is 4. The number of aromatic nitrogens is 2. The molecule has 0 radical (unpaired) electrons. The van der Waals surface area contributed by atoms with Gasteiger partial charge in [-0.3, -0.25) is 9.69 Å². The molecule has 0 bridgehead atoms. The predicted molar refractivity (Wildman–Crippen MR) is 143 cm³/mol. The van der Waals surface area contributed by atoms with Gasteiger partial charge in [0.05, 0.1) is 12.2 Å². The Morgan fingerprint density at radius 1 is 1.26 bits per heavy atom. The van der Waals surface area contributed by atoms with Crippen LogP contribution < -0.4 is 11.1 Å². The lowest BCUT2D eigenvalue weighted by Crippen LogP contribution is -2.49. The van der Waals surface area contributed by atoms with Gasteiger partial charge in [-0.05, 0) is 56.0 Å². The summed E-state index contributed by atoms with van der Waals surface area (Å²) in [4.78, 5) is 25.2. The van der Waals surface area contributed by atoms with E-state index in [0.717, 1.165) is 56.7 Å². The van der Waals surface area contributed by atoms with Gasteiger partial charge < -0.3 is 16.0 Å². The number of likely N-dealkylation sites (tertiary alicyclic amines) is 1. The van der Waals surface area contributed by atoms with E-state index in [4.69, 9.17) is 45.5 Å². The molecule has 0 saturated carbocycles. The van der Waals surface area contributed by atoms with E-state index in [1.165, 1.54) is 6.42 Å². The van der Waals surface area contributed by atoms with E-state index < -0.39 is 0 Å². The van der Waals surface area contributed by atoms with Crippen LogP contribution in [-0.2, 0) is 4.79 Å². The van der Waals surface area contributed by atoms with Gasteiger partial charge in [-0.15, -0.1) is 0 Å². The highest BCUT2D eigenvalue weighted by Crippen LogP contribution is 2.31. The van der Waals surface area contributed by atoms with Crippen LogP contribution in [0.3, 0.4) is 0 Å². The number of anilines is 1. The van der Waals surface area contributed by atoms with Crippen molar-refractivity contribution >= 4 is 52.1 Å². The first kappa shape index (κ1) is 26.2. The molecule has 1 amide bonds. The topological polar surface area (TPSA) is 87.4 Å². The largest absolute Gasteiger partial charge is 0.370 e. The van der Waals surface area contributed by atoms with E-state index in [2.05, 4.69) is 26.2 Å². The molecule has 35 heavy (non-hydrogen) atoms. The second kappa shape index (κ2) is 11.9. The molecule has 1 aromatic carbocycles. The minimum atomic E-state index is -0.236. The monoisotopic (exact) mass is 536 g/mol. The molecule has 10 heteroatoms. The molecule has 4 rings (SSSR count). The molecule has 1 fully saturated rings. The number of carbonyl (C=O) groups is 1. The summed E-state index contributed by atoms with van der Waals surface area (Å²) in [6, 6.07) is 5.82. The Kier molecular flexibility index (Phi) is 8.89. The van der Waals surface area contributed by atoms with Crippen molar-refractivity contribution < 1.29 is 4.79 Å². The van der Waals surface area contributed by atoms with E-state index in [0.29, 0.717) is 39.2 Å². The van der Waals surface area contributed by atoms with Crippen molar-refractivity contribution in [1.82, 2.24) is 19.8 Å². The van der Waals surface area contributed by atoms with Gasteiger partial charge in [0.1, 0.15) is 10.8 Å². The van der Waals surface area contributed by atoms with Gasteiger partial charge >= 0.3 is 0 Å². The molecule has 188 valence electrons. The predicted octanol–water partition coefficient (Wildman–Crippen LogP) is 5.04. The summed E-state index contributed by atoms with van der Waals surface area (Å²) in [5, 5.41) is 5.01. The lowest BCUT2D eigenvalue weighted by atomic mass is 10.00. The number of carbonyl (C=O) groups excluding carboxylic acids is 1. The average molecular weight is 538 g/mol. The van der Waals surface area contributed by atoms with Crippen LogP contribution in [0.5, 0.6) is 0 Å². The van der Waals surface area contributed by atoms with Crippen LogP contribution in [0.25, 0.3) is 5.57 Å². The van der Waals surface area contributed by atoms with Crippen molar-refractivity contribution in [1.29, 1.82) is 0 Å². The van der Waals surface area contributed by atoms with Crippen LogP contribution >= 0.6 is 34.8 Å². The highest BCUT2D eigenvalue weighted by atomic mass is 35.5. The minimum absolute atomic E-state index is 0.111. The Bertz CT molecular complexity index is 1090. The van der Waals surface area contributed by atoms with Crippen LogP contribution in [0.15, 0.2) is 30.5 Å². The van der Waals surface area contributed by atoms with E-state index in [-0.39, 0.29) is 11.9 Å². The zero-order valence-electron chi connectivity index (χ0n) is 19.8. The van der Waals surface area contributed by atoms with Crippen molar-refractivity contribution in [3.63, 3.8) is 0 Å². The van der Waals surface area contributed by atoms with Gasteiger partial charge in [0.15, 0.2) is 5.82 Å². The molecule has 2 aromatic rings. The van der Waals surface area contributed by atoms with Crippen LogP contribution in [-0.4, -0.2) is 64.4 Å². The summed E-state index contributed by atoms with van der Waals surface area (Å²) < 4.78 is 0. The second-order valence-electron chi connectivity index (χ2n) is 9.21. The van der Waals surface area contributed by atoms with Crippen molar-refractivity contribution in [2.45, 2.75) is 44.7 Å². The van der Waals surface area contributed by atoms with E-state index in [9.17, 15) is 4.79 Å². The van der Waals surface area contributed by atoms with Gasteiger partial charge in [0, 0.05) is 48.7 Å². The van der Waals surface area contributed by atoms with Crippen LogP contribution in [0.1, 0.15) is 50.0 Å². The molecule has 1 unspecified atom stereocenters. The molecule has 2 aliphatic rings. The van der Waals surface area contributed by atoms with Gasteiger partial charge in [-0.25, -0.2) is 9.97 Å². The van der Waals surface area contributed by atoms with Crippen molar-refractivity contribution in [2.75, 3.05) is 38.0 Å². The summed E-state index contributed by atoms with van der Waals surface area (Å²) in [7, 11) is 0. The number of amides is 1. The third-order valence-corrected chi connectivity index (χ3v) is 7.56. The van der Waals surface area contributed by atoms with E-state index in [1.807, 2.05) is 19.1 Å². The molecule has 1 saturated heterocycles. The number of hydrogen-bond donors (Lipinski definition) is 2. The summed E-state index contributed by atoms with van der Waals surface area (Å²) in [5.41, 5.74) is 7.37. The summed E-state index contributed by atoms with van der Waals surface area (Å²) in [5.74, 6) is 1.04. The Balaban J connectivity index is 1.40. The van der Waals surface area contributed by atoms with Crippen molar-refractivity contribution in [2.24, 2.45) is 5.73 Å². The van der Waals surface area contributed by atoms with Crippen LogP contribution in [0, 0.1) is 0 Å². The number of rotatable bonds is 8. The van der Waals surface area contributed by atoms with Gasteiger partial charge in [0.25, 0.3) is 0 Å².